The summed E-state index contributed by atoms with van der Waals surface area (Å²) in [5.41, 5.74) is 2.75. The molecule has 0 radical (unpaired) electrons. The van der Waals surface area contributed by atoms with Gasteiger partial charge in [-0.3, -0.25) is 4.90 Å². The lowest BCUT2D eigenvalue weighted by molar-refractivity contribution is 0.0331. The molecule has 0 amide bonds. The molecule has 19 heavy (non-hydrogen) atoms. The molecule has 3 rings (SSSR count). The van der Waals surface area contributed by atoms with E-state index < -0.39 is 0 Å². The van der Waals surface area contributed by atoms with E-state index in [-0.39, 0.29) is 0 Å². The molecule has 2 aliphatic heterocycles. The van der Waals surface area contributed by atoms with Gasteiger partial charge in [0.05, 0.1) is 20.3 Å². The quantitative estimate of drug-likeness (QED) is 0.882. The van der Waals surface area contributed by atoms with E-state index in [9.17, 15) is 0 Å². The predicted molar refractivity (Wildman–Crippen MR) is 74.6 cm³/mol. The zero-order valence-corrected chi connectivity index (χ0v) is 11.5. The van der Waals surface area contributed by atoms with Crippen molar-refractivity contribution in [2.45, 2.75) is 19.0 Å². The molecular weight excluding hydrogens is 240 g/mol. The number of rotatable bonds is 3. The average Bonchev–Trinajstić information content (AvgIpc) is 2.47. The van der Waals surface area contributed by atoms with Crippen LogP contribution in [0.3, 0.4) is 0 Å². The van der Waals surface area contributed by atoms with Crippen LogP contribution in [0.5, 0.6) is 5.75 Å². The van der Waals surface area contributed by atoms with E-state index in [1.165, 1.54) is 11.1 Å². The fourth-order valence-electron chi connectivity index (χ4n) is 3.00. The van der Waals surface area contributed by atoms with Crippen molar-refractivity contribution in [3.05, 3.63) is 29.3 Å². The molecule has 1 aromatic carbocycles. The summed E-state index contributed by atoms with van der Waals surface area (Å²) in [6.45, 7) is 5.88. The SMILES string of the molecule is COc1cccc2c1CC(CN1CCOCC1)NC2. The maximum atomic E-state index is 5.49. The summed E-state index contributed by atoms with van der Waals surface area (Å²) in [5.74, 6) is 1.03. The Morgan fingerprint density at radius 3 is 3.00 bits per heavy atom. The Balaban J connectivity index is 1.67. The number of nitrogens with zero attached hydrogens (tertiary/aromatic N) is 1. The Labute approximate surface area is 114 Å². The third-order valence-corrected chi connectivity index (χ3v) is 4.06. The molecule has 104 valence electrons. The van der Waals surface area contributed by atoms with Crippen LogP contribution in [0.1, 0.15) is 11.1 Å². The smallest absolute Gasteiger partial charge is 0.122 e. The van der Waals surface area contributed by atoms with E-state index in [1.54, 1.807) is 7.11 Å². The van der Waals surface area contributed by atoms with Crippen molar-refractivity contribution in [2.75, 3.05) is 40.0 Å². The van der Waals surface area contributed by atoms with Gasteiger partial charge in [-0.2, -0.15) is 0 Å². The van der Waals surface area contributed by atoms with Gasteiger partial charge >= 0.3 is 0 Å². The van der Waals surface area contributed by atoms with Gasteiger partial charge < -0.3 is 14.8 Å². The Morgan fingerprint density at radius 1 is 1.37 bits per heavy atom. The average molecular weight is 262 g/mol. The first-order valence-corrected chi connectivity index (χ1v) is 7.05. The molecule has 0 saturated carbocycles. The number of methoxy groups -OCH3 is 1. The summed E-state index contributed by atoms with van der Waals surface area (Å²) >= 11 is 0. The van der Waals surface area contributed by atoms with Crippen molar-refractivity contribution in [1.29, 1.82) is 0 Å². The Kier molecular flexibility index (Phi) is 4.01. The summed E-state index contributed by atoms with van der Waals surface area (Å²) in [5, 5.41) is 3.64. The summed E-state index contributed by atoms with van der Waals surface area (Å²) in [4.78, 5) is 2.49. The van der Waals surface area contributed by atoms with E-state index in [0.717, 1.165) is 51.6 Å². The molecule has 2 heterocycles. The molecule has 1 aromatic rings. The molecule has 2 aliphatic rings. The minimum Gasteiger partial charge on any atom is -0.496 e. The fourth-order valence-corrected chi connectivity index (χ4v) is 3.00. The minimum absolute atomic E-state index is 0.516. The number of morpholine rings is 1. The van der Waals surface area contributed by atoms with Crippen LogP contribution in [0.15, 0.2) is 18.2 Å². The second kappa shape index (κ2) is 5.90. The first kappa shape index (κ1) is 12.9. The molecule has 4 heteroatoms. The van der Waals surface area contributed by atoms with Gasteiger partial charge in [0, 0.05) is 37.8 Å². The van der Waals surface area contributed by atoms with Crippen molar-refractivity contribution >= 4 is 0 Å². The van der Waals surface area contributed by atoms with E-state index in [4.69, 9.17) is 9.47 Å². The Hall–Kier alpha value is -1.10. The van der Waals surface area contributed by atoms with Crippen molar-refractivity contribution in [3.8, 4) is 5.75 Å². The monoisotopic (exact) mass is 262 g/mol. The highest BCUT2D eigenvalue weighted by atomic mass is 16.5. The van der Waals surface area contributed by atoms with Crippen LogP contribution < -0.4 is 10.1 Å². The Bertz CT molecular complexity index is 416. The molecule has 0 aliphatic carbocycles. The number of ether oxygens (including phenoxy) is 2. The Morgan fingerprint density at radius 2 is 2.21 bits per heavy atom. The maximum absolute atomic E-state index is 5.49. The molecule has 0 bridgehead atoms. The second-order valence-electron chi connectivity index (χ2n) is 5.29. The summed E-state index contributed by atoms with van der Waals surface area (Å²) in [6, 6.07) is 6.84. The van der Waals surface area contributed by atoms with Crippen molar-refractivity contribution in [1.82, 2.24) is 10.2 Å². The molecule has 0 aromatic heterocycles. The highest BCUT2D eigenvalue weighted by molar-refractivity contribution is 5.42. The fraction of sp³-hybridized carbons (Fsp3) is 0.600. The van der Waals surface area contributed by atoms with E-state index in [0.29, 0.717) is 6.04 Å². The normalized spacial score (nSPS) is 23.9. The summed E-state index contributed by atoms with van der Waals surface area (Å²) in [6.07, 6.45) is 1.05. The van der Waals surface area contributed by atoms with Crippen molar-refractivity contribution in [3.63, 3.8) is 0 Å². The zero-order chi connectivity index (χ0) is 13.1. The van der Waals surface area contributed by atoms with E-state index in [2.05, 4.69) is 28.4 Å². The number of fused-ring (bicyclic) bond motifs is 1. The van der Waals surface area contributed by atoms with Crippen LogP contribution in [0.4, 0.5) is 0 Å². The molecule has 0 spiro atoms. The lowest BCUT2D eigenvalue weighted by atomic mass is 9.94. The van der Waals surface area contributed by atoms with Gasteiger partial charge in [-0.15, -0.1) is 0 Å². The third-order valence-electron chi connectivity index (χ3n) is 4.06. The van der Waals surface area contributed by atoms with Crippen LogP contribution in [-0.4, -0.2) is 50.9 Å². The van der Waals surface area contributed by atoms with Crippen LogP contribution >= 0.6 is 0 Å². The number of nitrogens with one attached hydrogen (secondary N) is 1. The lowest BCUT2D eigenvalue weighted by Crippen LogP contribution is -2.48. The maximum Gasteiger partial charge on any atom is 0.122 e. The number of hydrogen-bond acceptors (Lipinski definition) is 4. The lowest BCUT2D eigenvalue weighted by Gasteiger charge is -2.34. The first-order chi connectivity index (χ1) is 9.36. The highest BCUT2D eigenvalue weighted by Gasteiger charge is 2.23. The van der Waals surface area contributed by atoms with Gasteiger partial charge in [0.1, 0.15) is 5.75 Å². The molecule has 1 atom stereocenters. The predicted octanol–water partition coefficient (Wildman–Crippen LogP) is 1.04. The number of benzene rings is 1. The van der Waals surface area contributed by atoms with Crippen LogP contribution in [-0.2, 0) is 17.7 Å². The van der Waals surface area contributed by atoms with Crippen molar-refractivity contribution in [2.24, 2.45) is 0 Å². The molecule has 1 unspecified atom stereocenters. The van der Waals surface area contributed by atoms with Gasteiger partial charge in [0.2, 0.25) is 0 Å². The largest absolute Gasteiger partial charge is 0.496 e. The first-order valence-electron chi connectivity index (χ1n) is 7.05. The summed E-state index contributed by atoms with van der Waals surface area (Å²) < 4.78 is 10.9. The highest BCUT2D eigenvalue weighted by Crippen LogP contribution is 2.26. The molecule has 1 N–H and O–H groups in total. The van der Waals surface area contributed by atoms with Crippen molar-refractivity contribution < 1.29 is 9.47 Å². The minimum atomic E-state index is 0.516. The van der Waals surface area contributed by atoms with E-state index in [1.807, 2.05) is 0 Å². The molecule has 1 saturated heterocycles. The number of hydrogen-bond donors (Lipinski definition) is 1. The molecular formula is C15H22N2O2. The zero-order valence-electron chi connectivity index (χ0n) is 11.5. The van der Waals surface area contributed by atoms with Crippen LogP contribution in [0, 0.1) is 0 Å². The van der Waals surface area contributed by atoms with Gasteiger partial charge in [0.25, 0.3) is 0 Å². The van der Waals surface area contributed by atoms with Gasteiger partial charge in [-0.1, -0.05) is 12.1 Å². The van der Waals surface area contributed by atoms with Gasteiger partial charge in [-0.05, 0) is 18.1 Å². The van der Waals surface area contributed by atoms with E-state index >= 15 is 0 Å². The molecule has 4 nitrogen and oxygen atoms in total. The second-order valence-corrected chi connectivity index (χ2v) is 5.29. The molecule has 1 fully saturated rings. The van der Waals surface area contributed by atoms with Crippen LogP contribution in [0.2, 0.25) is 0 Å². The topological polar surface area (TPSA) is 33.7 Å². The third kappa shape index (κ3) is 2.91. The van der Waals surface area contributed by atoms with Gasteiger partial charge in [0.15, 0.2) is 0 Å². The standard InChI is InChI=1S/C15H22N2O2/c1-18-15-4-2-3-12-10-16-13(9-14(12)15)11-17-5-7-19-8-6-17/h2-4,13,16H,5-11H2,1H3. The summed E-state index contributed by atoms with van der Waals surface area (Å²) in [7, 11) is 1.76. The van der Waals surface area contributed by atoms with Gasteiger partial charge in [-0.25, -0.2) is 0 Å². The van der Waals surface area contributed by atoms with Crippen LogP contribution in [0.25, 0.3) is 0 Å².